The van der Waals surface area contributed by atoms with Crippen LogP contribution in [0.3, 0.4) is 0 Å². The number of aromatic nitrogens is 5. The van der Waals surface area contributed by atoms with Gasteiger partial charge in [-0.3, -0.25) is 4.68 Å². The standard InChI is InChI=1S/C10H14BrN5/c1-7-4-9(15(3)13-7)5-16-6-10(8(2)11)12-14-16/h4,6,8H,5H2,1-3H3. The molecule has 2 aromatic heterocycles. The van der Waals surface area contributed by atoms with Gasteiger partial charge in [0.2, 0.25) is 0 Å². The van der Waals surface area contributed by atoms with Crippen LogP contribution in [0.1, 0.15) is 28.8 Å². The summed E-state index contributed by atoms with van der Waals surface area (Å²) in [6.07, 6.45) is 1.95. The summed E-state index contributed by atoms with van der Waals surface area (Å²) in [6.45, 7) is 4.71. The quantitative estimate of drug-likeness (QED) is 0.808. The molecule has 0 radical (unpaired) electrons. The first-order valence-corrected chi connectivity index (χ1v) is 6.01. The van der Waals surface area contributed by atoms with Crippen molar-refractivity contribution in [2.24, 2.45) is 7.05 Å². The predicted octanol–water partition coefficient (Wildman–Crippen LogP) is 1.82. The molecule has 0 aliphatic heterocycles. The average molecular weight is 284 g/mol. The van der Waals surface area contributed by atoms with Crippen LogP contribution in [-0.2, 0) is 13.6 Å². The van der Waals surface area contributed by atoms with Gasteiger partial charge in [-0.25, -0.2) is 4.68 Å². The van der Waals surface area contributed by atoms with Gasteiger partial charge in [0.25, 0.3) is 0 Å². The molecule has 1 unspecified atom stereocenters. The Balaban J connectivity index is 2.17. The van der Waals surface area contributed by atoms with Crippen molar-refractivity contribution in [2.75, 3.05) is 0 Å². The Morgan fingerprint density at radius 2 is 2.25 bits per heavy atom. The molecule has 0 amide bonds. The van der Waals surface area contributed by atoms with E-state index in [0.29, 0.717) is 6.54 Å². The van der Waals surface area contributed by atoms with Crippen molar-refractivity contribution in [3.05, 3.63) is 29.3 Å². The van der Waals surface area contributed by atoms with Crippen molar-refractivity contribution >= 4 is 15.9 Å². The Kier molecular flexibility index (Phi) is 3.09. The molecule has 2 heterocycles. The van der Waals surface area contributed by atoms with Gasteiger partial charge < -0.3 is 0 Å². The number of rotatable bonds is 3. The fourth-order valence-electron chi connectivity index (χ4n) is 1.55. The first-order valence-electron chi connectivity index (χ1n) is 5.10. The summed E-state index contributed by atoms with van der Waals surface area (Å²) in [6, 6.07) is 2.05. The summed E-state index contributed by atoms with van der Waals surface area (Å²) >= 11 is 3.47. The van der Waals surface area contributed by atoms with E-state index in [4.69, 9.17) is 0 Å². The highest BCUT2D eigenvalue weighted by molar-refractivity contribution is 9.09. The largest absolute Gasteiger partial charge is 0.270 e. The molecule has 5 nitrogen and oxygen atoms in total. The smallest absolute Gasteiger partial charge is 0.0960 e. The van der Waals surface area contributed by atoms with Gasteiger partial charge in [0, 0.05) is 7.05 Å². The Labute approximate surface area is 103 Å². The third-order valence-electron chi connectivity index (χ3n) is 2.39. The first kappa shape index (κ1) is 11.3. The van der Waals surface area contributed by atoms with Crippen LogP contribution in [0.25, 0.3) is 0 Å². The van der Waals surface area contributed by atoms with E-state index in [2.05, 4.69) is 37.4 Å². The van der Waals surface area contributed by atoms with Crippen LogP contribution in [0.4, 0.5) is 0 Å². The SMILES string of the molecule is Cc1cc(Cn2cc(C(C)Br)nn2)n(C)n1. The number of hydrogen-bond donors (Lipinski definition) is 0. The fourth-order valence-corrected chi connectivity index (χ4v) is 1.76. The Morgan fingerprint density at radius 3 is 2.75 bits per heavy atom. The van der Waals surface area contributed by atoms with Crippen molar-refractivity contribution in [3.8, 4) is 0 Å². The zero-order valence-corrected chi connectivity index (χ0v) is 11.1. The molecule has 6 heteroatoms. The highest BCUT2D eigenvalue weighted by Crippen LogP contribution is 2.18. The molecular formula is C10H14BrN5. The van der Waals surface area contributed by atoms with Crippen molar-refractivity contribution in [3.63, 3.8) is 0 Å². The summed E-state index contributed by atoms with van der Waals surface area (Å²) in [7, 11) is 1.94. The van der Waals surface area contributed by atoms with Crippen molar-refractivity contribution in [2.45, 2.75) is 25.2 Å². The molecule has 0 aromatic carbocycles. The molecule has 16 heavy (non-hydrogen) atoms. The summed E-state index contributed by atoms with van der Waals surface area (Å²) in [4.78, 5) is 0.231. The van der Waals surface area contributed by atoms with Gasteiger partial charge in [-0.1, -0.05) is 21.1 Å². The molecule has 86 valence electrons. The minimum atomic E-state index is 0.231. The maximum atomic E-state index is 4.30. The molecule has 2 rings (SSSR count). The maximum absolute atomic E-state index is 4.30. The van der Waals surface area contributed by atoms with Crippen LogP contribution in [-0.4, -0.2) is 24.8 Å². The number of hydrogen-bond acceptors (Lipinski definition) is 3. The highest BCUT2D eigenvalue weighted by Gasteiger charge is 2.08. The van der Waals surface area contributed by atoms with Crippen molar-refractivity contribution in [1.82, 2.24) is 24.8 Å². The highest BCUT2D eigenvalue weighted by atomic mass is 79.9. The lowest BCUT2D eigenvalue weighted by Crippen LogP contribution is -2.06. The summed E-state index contributed by atoms with van der Waals surface area (Å²) in [5, 5.41) is 12.5. The lowest BCUT2D eigenvalue weighted by Gasteiger charge is -2.00. The molecule has 0 fully saturated rings. The second-order valence-corrected chi connectivity index (χ2v) is 5.23. The minimum Gasteiger partial charge on any atom is -0.270 e. The monoisotopic (exact) mass is 283 g/mol. The molecule has 2 aromatic rings. The Hall–Kier alpha value is -1.17. The molecule has 0 saturated carbocycles. The van der Waals surface area contributed by atoms with Gasteiger partial charge in [0.1, 0.15) is 0 Å². The minimum absolute atomic E-state index is 0.231. The first-order chi connectivity index (χ1) is 7.56. The Bertz CT molecular complexity index is 485. The van der Waals surface area contributed by atoms with Crippen LogP contribution in [0.5, 0.6) is 0 Å². The van der Waals surface area contributed by atoms with E-state index in [0.717, 1.165) is 17.1 Å². The van der Waals surface area contributed by atoms with Crippen LogP contribution in [0.15, 0.2) is 12.3 Å². The Morgan fingerprint density at radius 1 is 1.50 bits per heavy atom. The zero-order valence-electron chi connectivity index (χ0n) is 9.55. The van der Waals surface area contributed by atoms with Gasteiger partial charge in [-0.2, -0.15) is 5.10 Å². The maximum Gasteiger partial charge on any atom is 0.0960 e. The number of aryl methyl sites for hydroxylation is 2. The fraction of sp³-hybridized carbons (Fsp3) is 0.500. The molecule has 0 bridgehead atoms. The van der Waals surface area contributed by atoms with E-state index in [1.807, 2.05) is 36.5 Å². The van der Waals surface area contributed by atoms with Crippen LogP contribution < -0.4 is 0 Å². The lowest BCUT2D eigenvalue weighted by molar-refractivity contribution is 0.599. The molecule has 0 aliphatic rings. The van der Waals surface area contributed by atoms with Crippen molar-refractivity contribution < 1.29 is 0 Å². The molecule has 0 spiro atoms. The second kappa shape index (κ2) is 4.37. The molecular weight excluding hydrogens is 270 g/mol. The number of halogens is 1. The van der Waals surface area contributed by atoms with Crippen molar-refractivity contribution in [1.29, 1.82) is 0 Å². The van der Waals surface area contributed by atoms with E-state index in [1.165, 1.54) is 0 Å². The van der Waals surface area contributed by atoms with E-state index >= 15 is 0 Å². The van der Waals surface area contributed by atoms with Gasteiger partial charge >= 0.3 is 0 Å². The molecule has 0 saturated heterocycles. The molecule has 0 aliphatic carbocycles. The third kappa shape index (κ3) is 2.32. The van der Waals surface area contributed by atoms with E-state index in [-0.39, 0.29) is 4.83 Å². The van der Waals surface area contributed by atoms with Gasteiger partial charge in [0.15, 0.2) is 0 Å². The second-order valence-electron chi connectivity index (χ2n) is 3.86. The van der Waals surface area contributed by atoms with Gasteiger partial charge in [-0.15, -0.1) is 5.10 Å². The predicted molar refractivity (Wildman–Crippen MR) is 64.4 cm³/mol. The van der Waals surface area contributed by atoms with Crippen LogP contribution >= 0.6 is 15.9 Å². The van der Waals surface area contributed by atoms with Crippen LogP contribution in [0, 0.1) is 6.92 Å². The summed E-state index contributed by atoms with van der Waals surface area (Å²) < 4.78 is 3.69. The topological polar surface area (TPSA) is 48.5 Å². The average Bonchev–Trinajstić information content (AvgIpc) is 2.75. The number of nitrogens with zero attached hydrogens (tertiary/aromatic N) is 5. The normalized spacial score (nSPS) is 13.0. The van der Waals surface area contributed by atoms with Gasteiger partial charge in [0.05, 0.1) is 34.7 Å². The van der Waals surface area contributed by atoms with Crippen LogP contribution in [0.2, 0.25) is 0 Å². The third-order valence-corrected chi connectivity index (χ3v) is 2.86. The molecule has 1 atom stereocenters. The van der Waals surface area contributed by atoms with E-state index in [9.17, 15) is 0 Å². The number of alkyl halides is 1. The summed E-state index contributed by atoms with van der Waals surface area (Å²) in [5.74, 6) is 0. The lowest BCUT2D eigenvalue weighted by atomic mass is 10.3. The summed E-state index contributed by atoms with van der Waals surface area (Å²) in [5.41, 5.74) is 3.08. The molecule has 0 N–H and O–H groups in total. The van der Waals surface area contributed by atoms with Gasteiger partial charge in [-0.05, 0) is 19.9 Å². The van der Waals surface area contributed by atoms with E-state index in [1.54, 1.807) is 0 Å². The van der Waals surface area contributed by atoms with E-state index < -0.39 is 0 Å². The zero-order chi connectivity index (χ0) is 11.7.